The zero-order valence-electron chi connectivity index (χ0n) is 16.6. The number of nitrogens with zero attached hydrogens (tertiary/aromatic N) is 3. The number of anilines is 1. The summed E-state index contributed by atoms with van der Waals surface area (Å²) in [6, 6.07) is 17.4. The molecule has 0 spiro atoms. The van der Waals surface area contributed by atoms with Gasteiger partial charge in [0.25, 0.3) is 5.91 Å². The molecule has 1 unspecified atom stereocenters. The number of rotatable bonds is 8. The molecule has 0 aliphatic carbocycles. The van der Waals surface area contributed by atoms with Gasteiger partial charge in [-0.3, -0.25) is 14.9 Å². The molecule has 0 saturated carbocycles. The molecule has 1 fully saturated rings. The summed E-state index contributed by atoms with van der Waals surface area (Å²) in [6.07, 6.45) is 1.79. The van der Waals surface area contributed by atoms with Gasteiger partial charge in [-0.2, -0.15) is 0 Å². The van der Waals surface area contributed by atoms with E-state index in [2.05, 4.69) is 22.1 Å². The summed E-state index contributed by atoms with van der Waals surface area (Å²) in [5.41, 5.74) is 2.63. The van der Waals surface area contributed by atoms with Crippen molar-refractivity contribution in [2.45, 2.75) is 16.3 Å². The normalized spacial score (nSPS) is 15.8. The molecule has 158 valence electrons. The fraction of sp³-hybridized carbons (Fsp3) is 0.182. The highest BCUT2D eigenvalue weighted by Crippen LogP contribution is 2.39. The van der Waals surface area contributed by atoms with Gasteiger partial charge in [-0.25, -0.2) is 0 Å². The molecule has 4 rings (SSSR count). The van der Waals surface area contributed by atoms with Crippen LogP contribution in [0.2, 0.25) is 0 Å². The highest BCUT2D eigenvalue weighted by atomic mass is 32.2. The zero-order valence-corrected chi connectivity index (χ0v) is 19.0. The summed E-state index contributed by atoms with van der Waals surface area (Å²) < 4.78 is 0.784. The third kappa shape index (κ3) is 5.36. The van der Waals surface area contributed by atoms with Crippen molar-refractivity contribution in [3.63, 3.8) is 0 Å². The SMILES string of the molecule is C=CCSc1nnc(NC(=O)c2ccc(C3SCC(=O)N3Cc3ccccc3)cc2)s1. The predicted octanol–water partition coefficient (Wildman–Crippen LogP) is 4.84. The van der Waals surface area contributed by atoms with E-state index in [1.807, 2.05) is 47.4 Å². The summed E-state index contributed by atoms with van der Waals surface area (Å²) in [5.74, 6) is 1.09. The second-order valence-corrected chi connectivity index (χ2v) is 10.0. The molecule has 1 aromatic heterocycles. The smallest absolute Gasteiger partial charge is 0.257 e. The quantitative estimate of drug-likeness (QED) is 0.290. The molecule has 1 aliphatic rings. The van der Waals surface area contributed by atoms with Crippen LogP contribution in [0.15, 0.2) is 71.6 Å². The first-order chi connectivity index (χ1) is 15.1. The minimum absolute atomic E-state index is 0.0579. The summed E-state index contributed by atoms with van der Waals surface area (Å²) in [7, 11) is 0. The Labute approximate surface area is 193 Å². The Bertz CT molecular complexity index is 1070. The second kappa shape index (κ2) is 10.1. The molecule has 9 heteroatoms. The minimum Gasteiger partial charge on any atom is -0.322 e. The van der Waals surface area contributed by atoms with Gasteiger partial charge in [0.1, 0.15) is 5.37 Å². The Balaban J connectivity index is 1.42. The maximum absolute atomic E-state index is 12.6. The lowest BCUT2D eigenvalue weighted by atomic mass is 10.1. The molecular weight excluding hydrogens is 448 g/mol. The first kappa shape index (κ1) is 21.6. The van der Waals surface area contributed by atoms with Crippen molar-refractivity contribution in [2.24, 2.45) is 0 Å². The molecule has 3 aromatic rings. The molecule has 1 aliphatic heterocycles. The lowest BCUT2D eigenvalue weighted by Gasteiger charge is -2.24. The third-order valence-corrected chi connectivity index (χ3v) is 7.80. The second-order valence-electron chi connectivity index (χ2n) is 6.72. The van der Waals surface area contributed by atoms with Crippen molar-refractivity contribution in [2.75, 3.05) is 16.8 Å². The van der Waals surface area contributed by atoms with Gasteiger partial charge in [0.05, 0.1) is 5.75 Å². The molecule has 0 radical (unpaired) electrons. The molecule has 2 heterocycles. The lowest BCUT2D eigenvalue weighted by Crippen LogP contribution is -2.27. The maximum atomic E-state index is 12.6. The van der Waals surface area contributed by atoms with Gasteiger partial charge in [0.2, 0.25) is 11.0 Å². The standard InChI is InChI=1S/C22H20N4O2S3/c1-2-12-29-22-25-24-21(31-22)23-19(28)16-8-10-17(11-9-16)20-26(18(27)14-30-20)13-15-6-4-3-5-7-15/h2-11,20H,1,12-14H2,(H,23,24,28). The van der Waals surface area contributed by atoms with Crippen LogP contribution in [0.3, 0.4) is 0 Å². The van der Waals surface area contributed by atoms with Crippen molar-refractivity contribution in [3.8, 4) is 0 Å². The Hall–Kier alpha value is -2.62. The number of amides is 2. The minimum atomic E-state index is -0.237. The first-order valence-electron chi connectivity index (χ1n) is 9.57. The van der Waals surface area contributed by atoms with Crippen LogP contribution in [0.1, 0.15) is 26.9 Å². The molecule has 1 N–H and O–H groups in total. The van der Waals surface area contributed by atoms with E-state index >= 15 is 0 Å². The number of hydrogen-bond donors (Lipinski definition) is 1. The average Bonchev–Trinajstić information content (AvgIpc) is 3.39. The van der Waals surface area contributed by atoms with Crippen LogP contribution in [0.25, 0.3) is 0 Å². The molecule has 1 saturated heterocycles. The number of hydrogen-bond acceptors (Lipinski definition) is 7. The van der Waals surface area contributed by atoms with Gasteiger partial charge >= 0.3 is 0 Å². The van der Waals surface area contributed by atoms with E-state index in [9.17, 15) is 9.59 Å². The molecule has 31 heavy (non-hydrogen) atoms. The van der Waals surface area contributed by atoms with E-state index in [1.54, 1.807) is 30.0 Å². The highest BCUT2D eigenvalue weighted by molar-refractivity contribution is 8.01. The van der Waals surface area contributed by atoms with Gasteiger partial charge in [0.15, 0.2) is 4.34 Å². The van der Waals surface area contributed by atoms with Crippen molar-refractivity contribution < 1.29 is 9.59 Å². The van der Waals surface area contributed by atoms with Crippen molar-refractivity contribution >= 4 is 51.8 Å². The average molecular weight is 469 g/mol. The van der Waals surface area contributed by atoms with Gasteiger partial charge in [-0.05, 0) is 23.3 Å². The fourth-order valence-electron chi connectivity index (χ4n) is 3.10. The Morgan fingerprint density at radius 3 is 2.71 bits per heavy atom. The molecule has 0 bridgehead atoms. The molecule has 2 amide bonds. The highest BCUT2D eigenvalue weighted by Gasteiger charge is 2.32. The van der Waals surface area contributed by atoms with Crippen LogP contribution in [0, 0.1) is 0 Å². The van der Waals surface area contributed by atoms with Crippen LogP contribution in [-0.4, -0.2) is 38.4 Å². The number of benzene rings is 2. The van der Waals surface area contributed by atoms with Gasteiger partial charge in [-0.1, -0.05) is 71.6 Å². The Morgan fingerprint density at radius 2 is 1.97 bits per heavy atom. The fourth-order valence-corrected chi connectivity index (χ4v) is 5.79. The van der Waals surface area contributed by atoms with Crippen molar-refractivity contribution in [3.05, 3.63) is 83.9 Å². The van der Waals surface area contributed by atoms with Gasteiger partial charge in [0, 0.05) is 17.9 Å². The van der Waals surface area contributed by atoms with E-state index in [-0.39, 0.29) is 17.2 Å². The van der Waals surface area contributed by atoms with E-state index in [0.29, 0.717) is 23.0 Å². The predicted molar refractivity (Wildman–Crippen MR) is 127 cm³/mol. The number of nitrogens with one attached hydrogen (secondary N) is 1. The maximum Gasteiger partial charge on any atom is 0.257 e. The summed E-state index contributed by atoms with van der Waals surface area (Å²) in [6.45, 7) is 4.25. The monoisotopic (exact) mass is 468 g/mol. The molecular formula is C22H20N4O2S3. The first-order valence-corrected chi connectivity index (χ1v) is 12.4. The van der Waals surface area contributed by atoms with E-state index in [0.717, 1.165) is 21.2 Å². The van der Waals surface area contributed by atoms with E-state index < -0.39 is 0 Å². The molecule has 2 aromatic carbocycles. The van der Waals surface area contributed by atoms with Crippen LogP contribution >= 0.6 is 34.9 Å². The van der Waals surface area contributed by atoms with E-state index in [1.165, 1.54) is 23.1 Å². The number of thioether (sulfide) groups is 2. The topological polar surface area (TPSA) is 75.2 Å². The number of carbonyl (C=O) groups is 2. The summed E-state index contributed by atoms with van der Waals surface area (Å²) in [4.78, 5) is 26.9. The largest absolute Gasteiger partial charge is 0.322 e. The molecule has 1 atom stereocenters. The lowest BCUT2D eigenvalue weighted by molar-refractivity contribution is -0.128. The Kier molecular flexibility index (Phi) is 7.06. The van der Waals surface area contributed by atoms with Gasteiger partial charge in [-0.15, -0.1) is 28.5 Å². The summed E-state index contributed by atoms with van der Waals surface area (Å²) >= 11 is 4.46. The number of carbonyl (C=O) groups excluding carboxylic acids is 2. The molecule has 6 nitrogen and oxygen atoms in total. The van der Waals surface area contributed by atoms with Crippen LogP contribution in [0.4, 0.5) is 5.13 Å². The third-order valence-electron chi connectivity index (χ3n) is 4.57. The van der Waals surface area contributed by atoms with Crippen molar-refractivity contribution in [1.29, 1.82) is 0 Å². The van der Waals surface area contributed by atoms with Gasteiger partial charge < -0.3 is 4.90 Å². The van der Waals surface area contributed by atoms with Crippen molar-refractivity contribution in [1.82, 2.24) is 15.1 Å². The van der Waals surface area contributed by atoms with Crippen LogP contribution < -0.4 is 5.32 Å². The van der Waals surface area contributed by atoms with E-state index in [4.69, 9.17) is 0 Å². The van der Waals surface area contributed by atoms with Crippen LogP contribution in [-0.2, 0) is 11.3 Å². The van der Waals surface area contributed by atoms with Crippen LogP contribution in [0.5, 0.6) is 0 Å². The zero-order chi connectivity index (χ0) is 21.6. The Morgan fingerprint density at radius 1 is 1.19 bits per heavy atom. The summed E-state index contributed by atoms with van der Waals surface area (Å²) in [5, 5.41) is 11.2. The number of aromatic nitrogens is 2.